The topological polar surface area (TPSA) is 49.7 Å². The maximum atomic E-state index is 12.3. The van der Waals surface area contributed by atoms with Gasteiger partial charge in [0.1, 0.15) is 0 Å². The van der Waals surface area contributed by atoms with Gasteiger partial charge >= 0.3 is 15.0 Å². The summed E-state index contributed by atoms with van der Waals surface area (Å²) in [6.45, 7) is 0. The van der Waals surface area contributed by atoms with Crippen LogP contribution in [0.1, 0.15) is 11.1 Å². The highest BCUT2D eigenvalue weighted by atomic mass is 28.4. The molecule has 0 spiro atoms. The molecule has 0 radical (unpaired) electrons. The van der Waals surface area contributed by atoms with Crippen molar-refractivity contribution in [3.05, 3.63) is 35.4 Å². The predicted octanol–water partition coefficient (Wildman–Crippen LogP) is 1.36. The third-order valence-electron chi connectivity index (χ3n) is 2.02. The van der Waals surface area contributed by atoms with Gasteiger partial charge < -0.3 is 14.0 Å². The Morgan fingerprint density at radius 2 is 1.94 bits per heavy atom. The van der Waals surface area contributed by atoms with E-state index in [2.05, 4.69) is 4.43 Å². The second-order valence-electron chi connectivity index (χ2n) is 3.32. The standard InChI is InChI=1S/C9H11F3O3Si/c1-15-16(13,14)6-7-3-2-4-8(5-7)9(10,11)12/h2-5,13-14H,6H2,1H3. The average Bonchev–Trinajstić information content (AvgIpc) is 2.16. The van der Waals surface area contributed by atoms with Crippen LogP contribution in [0.4, 0.5) is 13.2 Å². The summed E-state index contributed by atoms with van der Waals surface area (Å²) < 4.78 is 41.4. The summed E-state index contributed by atoms with van der Waals surface area (Å²) in [7, 11) is -2.76. The quantitative estimate of drug-likeness (QED) is 0.798. The molecule has 0 saturated carbocycles. The SMILES string of the molecule is CO[Si](O)(O)Cc1cccc(C(F)(F)F)c1. The van der Waals surface area contributed by atoms with Crippen LogP contribution in [0.2, 0.25) is 0 Å². The first-order valence-electron chi connectivity index (χ1n) is 4.41. The molecule has 0 aromatic heterocycles. The van der Waals surface area contributed by atoms with Crippen molar-refractivity contribution in [3.63, 3.8) is 0 Å². The summed E-state index contributed by atoms with van der Waals surface area (Å²) in [5, 5.41) is 0. The molecule has 16 heavy (non-hydrogen) atoms. The van der Waals surface area contributed by atoms with E-state index in [1.807, 2.05) is 0 Å². The number of hydrogen-bond acceptors (Lipinski definition) is 3. The first kappa shape index (κ1) is 13.2. The maximum absolute atomic E-state index is 12.3. The van der Waals surface area contributed by atoms with Gasteiger partial charge in [0.15, 0.2) is 0 Å². The van der Waals surface area contributed by atoms with E-state index in [1.165, 1.54) is 12.1 Å². The van der Waals surface area contributed by atoms with Crippen molar-refractivity contribution in [1.29, 1.82) is 0 Å². The molecule has 7 heteroatoms. The molecular weight excluding hydrogens is 241 g/mol. The molecule has 0 aliphatic heterocycles. The summed E-state index contributed by atoms with van der Waals surface area (Å²) in [4.78, 5) is 18.5. The van der Waals surface area contributed by atoms with Crippen LogP contribution in [0.3, 0.4) is 0 Å². The highest BCUT2D eigenvalue weighted by Gasteiger charge is 2.34. The molecule has 2 N–H and O–H groups in total. The van der Waals surface area contributed by atoms with Gasteiger partial charge in [-0.05, 0) is 11.6 Å². The predicted molar refractivity (Wildman–Crippen MR) is 52.3 cm³/mol. The molecule has 0 heterocycles. The molecule has 1 rings (SSSR count). The second-order valence-corrected chi connectivity index (χ2v) is 5.57. The molecule has 0 aliphatic rings. The fourth-order valence-electron chi connectivity index (χ4n) is 1.20. The fourth-order valence-corrected chi connectivity index (χ4v) is 2.09. The van der Waals surface area contributed by atoms with Crippen molar-refractivity contribution in [1.82, 2.24) is 0 Å². The molecule has 0 atom stereocenters. The Morgan fingerprint density at radius 1 is 1.31 bits per heavy atom. The van der Waals surface area contributed by atoms with Gasteiger partial charge in [-0.2, -0.15) is 13.2 Å². The highest BCUT2D eigenvalue weighted by molar-refractivity contribution is 6.57. The van der Waals surface area contributed by atoms with Crippen LogP contribution in [0.25, 0.3) is 0 Å². The number of rotatable bonds is 3. The lowest BCUT2D eigenvalue weighted by atomic mass is 10.1. The largest absolute Gasteiger partial charge is 0.499 e. The number of hydrogen-bond donors (Lipinski definition) is 2. The van der Waals surface area contributed by atoms with Gasteiger partial charge in [0.05, 0.1) is 5.56 Å². The van der Waals surface area contributed by atoms with E-state index in [0.717, 1.165) is 19.2 Å². The Balaban J connectivity index is 2.92. The molecule has 0 unspecified atom stereocenters. The van der Waals surface area contributed by atoms with Crippen molar-refractivity contribution in [2.24, 2.45) is 0 Å². The third-order valence-corrected chi connectivity index (χ3v) is 3.54. The Kier molecular flexibility index (Phi) is 3.74. The summed E-state index contributed by atoms with van der Waals surface area (Å²) in [6.07, 6.45) is -4.43. The lowest BCUT2D eigenvalue weighted by molar-refractivity contribution is -0.137. The number of benzene rings is 1. The molecular formula is C9H11F3O3Si. The monoisotopic (exact) mass is 252 g/mol. The lowest BCUT2D eigenvalue weighted by Gasteiger charge is -2.15. The Labute approximate surface area is 91.5 Å². The zero-order valence-electron chi connectivity index (χ0n) is 8.45. The molecule has 0 fully saturated rings. The van der Waals surface area contributed by atoms with Crippen LogP contribution in [-0.2, 0) is 16.6 Å². The second kappa shape index (κ2) is 4.54. The number of alkyl halides is 3. The van der Waals surface area contributed by atoms with E-state index in [4.69, 9.17) is 0 Å². The highest BCUT2D eigenvalue weighted by Crippen LogP contribution is 2.29. The first-order valence-corrected chi connectivity index (χ1v) is 6.41. The van der Waals surface area contributed by atoms with E-state index >= 15 is 0 Å². The lowest BCUT2D eigenvalue weighted by Crippen LogP contribution is -2.40. The van der Waals surface area contributed by atoms with E-state index in [0.29, 0.717) is 0 Å². The zero-order chi connectivity index (χ0) is 12.4. The normalized spacial score (nSPS) is 12.9. The van der Waals surface area contributed by atoms with Crippen LogP contribution in [0.15, 0.2) is 24.3 Å². The van der Waals surface area contributed by atoms with Gasteiger partial charge in [0.2, 0.25) is 0 Å². The summed E-state index contributed by atoms with van der Waals surface area (Å²) >= 11 is 0. The molecule has 90 valence electrons. The third kappa shape index (κ3) is 3.60. The van der Waals surface area contributed by atoms with Crippen molar-refractivity contribution in [2.45, 2.75) is 12.2 Å². The molecule has 0 amide bonds. The average molecular weight is 252 g/mol. The molecule has 0 bridgehead atoms. The van der Waals surface area contributed by atoms with Crippen LogP contribution in [-0.4, -0.2) is 25.5 Å². The van der Waals surface area contributed by atoms with Crippen LogP contribution in [0, 0.1) is 0 Å². The zero-order valence-corrected chi connectivity index (χ0v) is 9.45. The summed E-state index contributed by atoms with van der Waals surface area (Å²) in [6, 6.07) is 4.12. The van der Waals surface area contributed by atoms with Gasteiger partial charge in [-0.3, -0.25) is 0 Å². The molecule has 3 nitrogen and oxygen atoms in total. The first-order chi connectivity index (χ1) is 7.24. The maximum Gasteiger partial charge on any atom is 0.499 e. The minimum absolute atomic E-state index is 0.188. The van der Waals surface area contributed by atoms with Crippen molar-refractivity contribution in [3.8, 4) is 0 Å². The summed E-state index contributed by atoms with van der Waals surface area (Å²) in [5.41, 5.74) is -0.626. The smallest absolute Gasteiger partial charge is 0.390 e. The van der Waals surface area contributed by atoms with Gasteiger partial charge in [-0.25, -0.2) is 0 Å². The molecule has 1 aromatic rings. The molecule has 0 aliphatic carbocycles. The Bertz CT molecular complexity index is 365. The van der Waals surface area contributed by atoms with Crippen molar-refractivity contribution >= 4 is 8.80 Å². The van der Waals surface area contributed by atoms with Crippen molar-refractivity contribution < 1.29 is 27.2 Å². The van der Waals surface area contributed by atoms with Crippen LogP contribution in [0.5, 0.6) is 0 Å². The minimum atomic E-state index is -4.43. The van der Waals surface area contributed by atoms with Gasteiger partial charge in [-0.15, -0.1) is 0 Å². The molecule has 0 saturated heterocycles. The van der Waals surface area contributed by atoms with Gasteiger partial charge in [-0.1, -0.05) is 18.2 Å². The Hall–Kier alpha value is -0.893. The van der Waals surface area contributed by atoms with Gasteiger partial charge in [0, 0.05) is 13.2 Å². The number of halogens is 3. The van der Waals surface area contributed by atoms with E-state index < -0.39 is 20.5 Å². The minimum Gasteiger partial charge on any atom is -0.390 e. The summed E-state index contributed by atoms with van der Waals surface area (Å²) in [5.74, 6) is 0. The van der Waals surface area contributed by atoms with Crippen molar-refractivity contribution in [2.75, 3.05) is 7.11 Å². The van der Waals surface area contributed by atoms with Crippen LogP contribution >= 0.6 is 0 Å². The Morgan fingerprint density at radius 3 is 2.44 bits per heavy atom. The van der Waals surface area contributed by atoms with E-state index in [-0.39, 0.29) is 11.6 Å². The van der Waals surface area contributed by atoms with E-state index in [1.54, 1.807) is 0 Å². The fraction of sp³-hybridized carbons (Fsp3) is 0.333. The molecule has 1 aromatic carbocycles. The van der Waals surface area contributed by atoms with Gasteiger partial charge in [0.25, 0.3) is 0 Å². The van der Waals surface area contributed by atoms with Crippen LogP contribution < -0.4 is 0 Å². The van der Waals surface area contributed by atoms with E-state index in [9.17, 15) is 22.8 Å².